The Morgan fingerprint density at radius 1 is 0.828 bits per heavy atom. The van der Waals surface area contributed by atoms with Crippen LogP contribution in [0.15, 0.2) is 0 Å². The van der Waals surface area contributed by atoms with Crippen LogP contribution in [0, 0.1) is 17.8 Å². The van der Waals surface area contributed by atoms with Gasteiger partial charge in [-0.3, -0.25) is 4.79 Å². The van der Waals surface area contributed by atoms with Gasteiger partial charge in [-0.15, -0.1) is 0 Å². The van der Waals surface area contributed by atoms with Crippen LogP contribution in [-0.2, 0) is 9.53 Å². The van der Waals surface area contributed by atoms with Gasteiger partial charge in [0.25, 0.3) is 0 Å². The minimum absolute atomic E-state index is 0.0191. The van der Waals surface area contributed by atoms with Crippen LogP contribution < -0.4 is 0 Å². The molecule has 1 heterocycles. The molecule has 0 aromatic rings. The molecule has 2 rings (SSSR count). The van der Waals surface area contributed by atoms with Crippen molar-refractivity contribution in [3.05, 3.63) is 0 Å². The summed E-state index contributed by atoms with van der Waals surface area (Å²) in [5.74, 6) is 0.736. The first-order chi connectivity index (χ1) is 14.0. The molecule has 0 radical (unpaired) electrons. The zero-order valence-corrected chi connectivity index (χ0v) is 18.6. The third-order valence-corrected chi connectivity index (χ3v) is 7.14. The van der Waals surface area contributed by atoms with Gasteiger partial charge >= 0.3 is 0 Å². The summed E-state index contributed by atoms with van der Waals surface area (Å²) in [4.78, 5) is 13.0. The molecule has 1 saturated heterocycles. The van der Waals surface area contributed by atoms with Crippen molar-refractivity contribution < 1.29 is 24.9 Å². The van der Waals surface area contributed by atoms with Crippen molar-refractivity contribution in [3.8, 4) is 0 Å². The van der Waals surface area contributed by atoms with Crippen LogP contribution in [0.4, 0.5) is 0 Å². The summed E-state index contributed by atoms with van der Waals surface area (Å²) in [5, 5.41) is 30.2. The molecule has 5 heteroatoms. The second-order valence-electron chi connectivity index (χ2n) is 9.43. The Morgan fingerprint density at radius 2 is 1.41 bits per heavy atom. The molecule has 1 aliphatic heterocycles. The second kappa shape index (κ2) is 13.0. The molecule has 0 aromatic carbocycles. The summed E-state index contributed by atoms with van der Waals surface area (Å²) >= 11 is 0. The topological polar surface area (TPSA) is 87.0 Å². The van der Waals surface area contributed by atoms with Crippen LogP contribution in [0.5, 0.6) is 0 Å². The highest BCUT2D eigenvalue weighted by Crippen LogP contribution is 2.41. The second-order valence-corrected chi connectivity index (χ2v) is 9.43. The number of aliphatic hydroxyl groups is 3. The fourth-order valence-electron chi connectivity index (χ4n) is 5.26. The molecule has 0 spiro atoms. The monoisotopic (exact) mass is 412 g/mol. The van der Waals surface area contributed by atoms with Crippen molar-refractivity contribution in [1.82, 2.24) is 0 Å². The SMILES string of the molecule is CCCCCCCC1CC(=O)C(C2OCC(O)C(O)C2O)CC1CCCCCC. The van der Waals surface area contributed by atoms with Gasteiger partial charge in [0.2, 0.25) is 0 Å². The quantitative estimate of drug-likeness (QED) is 0.422. The van der Waals surface area contributed by atoms with E-state index in [1.807, 2.05) is 0 Å². The van der Waals surface area contributed by atoms with Gasteiger partial charge < -0.3 is 20.1 Å². The Morgan fingerprint density at radius 3 is 2.07 bits per heavy atom. The van der Waals surface area contributed by atoms with E-state index in [0.717, 1.165) is 19.3 Å². The van der Waals surface area contributed by atoms with Crippen molar-refractivity contribution in [2.75, 3.05) is 6.61 Å². The molecule has 7 atom stereocenters. The normalized spacial score (nSPS) is 35.8. The van der Waals surface area contributed by atoms with Gasteiger partial charge in [-0.1, -0.05) is 78.1 Å². The number of ketones is 1. The van der Waals surface area contributed by atoms with Gasteiger partial charge in [-0.05, 0) is 24.7 Å². The van der Waals surface area contributed by atoms with Gasteiger partial charge in [-0.2, -0.15) is 0 Å². The van der Waals surface area contributed by atoms with Gasteiger partial charge in [0.1, 0.15) is 24.1 Å². The van der Waals surface area contributed by atoms with Crippen LogP contribution in [0.2, 0.25) is 0 Å². The molecule has 1 aliphatic carbocycles. The minimum Gasteiger partial charge on any atom is -0.388 e. The molecular weight excluding hydrogens is 368 g/mol. The molecule has 170 valence electrons. The summed E-state index contributed by atoms with van der Waals surface area (Å²) in [7, 11) is 0. The summed E-state index contributed by atoms with van der Waals surface area (Å²) in [6.45, 7) is 4.43. The molecule has 2 aliphatic rings. The molecule has 5 nitrogen and oxygen atoms in total. The number of hydrogen-bond acceptors (Lipinski definition) is 5. The minimum atomic E-state index is -1.24. The van der Waals surface area contributed by atoms with Crippen molar-refractivity contribution in [2.24, 2.45) is 17.8 Å². The van der Waals surface area contributed by atoms with E-state index < -0.39 is 24.4 Å². The van der Waals surface area contributed by atoms with E-state index in [-0.39, 0.29) is 18.3 Å². The number of hydrogen-bond donors (Lipinski definition) is 3. The average Bonchev–Trinajstić information content (AvgIpc) is 2.71. The Balaban J connectivity index is 1.97. The van der Waals surface area contributed by atoms with E-state index in [1.165, 1.54) is 57.8 Å². The largest absolute Gasteiger partial charge is 0.388 e. The number of rotatable bonds is 12. The van der Waals surface area contributed by atoms with Crippen molar-refractivity contribution in [1.29, 1.82) is 0 Å². The number of aliphatic hydroxyl groups excluding tert-OH is 3. The van der Waals surface area contributed by atoms with Gasteiger partial charge in [-0.25, -0.2) is 0 Å². The molecule has 7 unspecified atom stereocenters. The highest BCUT2D eigenvalue weighted by atomic mass is 16.5. The number of carbonyl (C=O) groups excluding carboxylic acids is 1. The fourth-order valence-corrected chi connectivity index (χ4v) is 5.26. The van der Waals surface area contributed by atoms with E-state index in [1.54, 1.807) is 0 Å². The molecule has 29 heavy (non-hydrogen) atoms. The summed E-state index contributed by atoms with van der Waals surface area (Å²) in [5.41, 5.74) is 0. The smallest absolute Gasteiger partial charge is 0.138 e. The lowest BCUT2D eigenvalue weighted by atomic mass is 9.67. The van der Waals surface area contributed by atoms with E-state index in [9.17, 15) is 20.1 Å². The summed E-state index contributed by atoms with van der Waals surface area (Å²) < 4.78 is 5.65. The Bertz CT molecular complexity index is 468. The Hall–Kier alpha value is -0.490. The van der Waals surface area contributed by atoms with Crippen molar-refractivity contribution >= 4 is 5.78 Å². The summed E-state index contributed by atoms with van der Waals surface area (Å²) in [6, 6.07) is 0. The average molecular weight is 413 g/mol. The first-order valence-electron chi connectivity index (χ1n) is 12.2. The van der Waals surface area contributed by atoms with Crippen LogP contribution in [0.3, 0.4) is 0 Å². The third kappa shape index (κ3) is 7.30. The maximum Gasteiger partial charge on any atom is 0.138 e. The number of Topliss-reactive ketones (excluding diaryl/α,β-unsaturated/α-hetero) is 1. The van der Waals surface area contributed by atoms with Crippen molar-refractivity contribution in [2.45, 2.75) is 122 Å². The van der Waals surface area contributed by atoms with Crippen molar-refractivity contribution in [3.63, 3.8) is 0 Å². The Kier molecular flexibility index (Phi) is 11.1. The molecule has 0 aromatic heterocycles. The van der Waals surface area contributed by atoms with Gasteiger partial charge in [0.15, 0.2) is 0 Å². The van der Waals surface area contributed by atoms with Gasteiger partial charge in [0.05, 0.1) is 12.7 Å². The predicted molar refractivity (Wildman–Crippen MR) is 115 cm³/mol. The maximum absolute atomic E-state index is 13.0. The van der Waals surface area contributed by atoms with Crippen LogP contribution in [0.1, 0.15) is 97.3 Å². The fraction of sp³-hybridized carbons (Fsp3) is 0.958. The highest BCUT2D eigenvalue weighted by Gasteiger charge is 2.47. The lowest BCUT2D eigenvalue weighted by Gasteiger charge is -2.43. The first-order valence-corrected chi connectivity index (χ1v) is 12.2. The van der Waals surface area contributed by atoms with Gasteiger partial charge in [0, 0.05) is 12.3 Å². The lowest BCUT2D eigenvalue weighted by Crippen LogP contribution is -2.57. The number of unbranched alkanes of at least 4 members (excludes halogenated alkanes) is 7. The third-order valence-electron chi connectivity index (χ3n) is 7.14. The van der Waals surface area contributed by atoms with Crippen LogP contribution in [-0.4, -0.2) is 52.1 Å². The van der Waals surface area contributed by atoms with E-state index in [2.05, 4.69) is 13.8 Å². The standard InChI is InChI=1S/C24H44O5/c1-3-5-7-9-11-13-18-15-20(25)19(14-17(18)12-10-8-6-4-2)24-23(28)22(27)21(26)16-29-24/h17-19,21-24,26-28H,3-16H2,1-2H3. The van der Waals surface area contributed by atoms with E-state index in [0.29, 0.717) is 18.3 Å². The number of carbonyl (C=O) groups is 1. The lowest BCUT2D eigenvalue weighted by molar-refractivity contribution is -0.205. The first kappa shape index (κ1) is 24.8. The van der Waals surface area contributed by atoms with E-state index in [4.69, 9.17) is 4.74 Å². The number of ether oxygens (including phenoxy) is 1. The van der Waals surface area contributed by atoms with Crippen LogP contribution >= 0.6 is 0 Å². The Labute approximate surface area is 177 Å². The highest BCUT2D eigenvalue weighted by molar-refractivity contribution is 5.82. The summed E-state index contributed by atoms with van der Waals surface area (Å²) in [6.07, 6.45) is 10.5. The molecular formula is C24H44O5. The molecule has 0 amide bonds. The van der Waals surface area contributed by atoms with E-state index >= 15 is 0 Å². The predicted octanol–water partition coefficient (Wildman–Crippen LogP) is 4.01. The molecule has 1 saturated carbocycles. The maximum atomic E-state index is 13.0. The zero-order chi connectivity index (χ0) is 21.2. The van der Waals surface area contributed by atoms with Crippen LogP contribution in [0.25, 0.3) is 0 Å². The molecule has 2 fully saturated rings. The molecule has 0 bridgehead atoms. The molecule has 3 N–H and O–H groups in total. The zero-order valence-electron chi connectivity index (χ0n) is 18.6.